The van der Waals surface area contributed by atoms with Crippen molar-refractivity contribution in [1.29, 1.82) is 0 Å². The molecule has 1 aromatic carbocycles. The first kappa shape index (κ1) is 14.8. The summed E-state index contributed by atoms with van der Waals surface area (Å²) in [6.45, 7) is 0.0213. The first-order chi connectivity index (χ1) is 9.05. The molecule has 5 heteroatoms. The third-order valence-electron chi connectivity index (χ3n) is 3.93. The molecule has 0 radical (unpaired) electrons. The fourth-order valence-electron chi connectivity index (χ4n) is 2.69. The summed E-state index contributed by atoms with van der Waals surface area (Å²) in [6.07, 6.45) is 3.84. The highest BCUT2D eigenvalue weighted by Crippen LogP contribution is 2.37. The van der Waals surface area contributed by atoms with E-state index < -0.39 is 17.2 Å². The summed E-state index contributed by atoms with van der Waals surface area (Å²) in [5, 5.41) is 9.36. The highest BCUT2D eigenvalue weighted by Gasteiger charge is 2.38. The molecule has 1 saturated carbocycles. The monoisotopic (exact) mass is 287 g/mol. The first-order valence-electron chi connectivity index (χ1n) is 6.53. The lowest BCUT2D eigenvalue weighted by atomic mass is 9.87. The predicted octanol–water partition coefficient (Wildman–Crippen LogP) is 2.94. The van der Waals surface area contributed by atoms with Gasteiger partial charge in [0, 0.05) is 10.4 Å². The Bertz CT molecular complexity index is 443. The number of nitrogens with two attached hydrogens (primary N) is 1. The maximum absolute atomic E-state index is 13.0. The molecule has 2 rings (SSSR count). The van der Waals surface area contributed by atoms with Gasteiger partial charge in [-0.25, -0.2) is 8.78 Å². The van der Waals surface area contributed by atoms with Gasteiger partial charge in [-0.3, -0.25) is 0 Å². The zero-order chi connectivity index (χ0) is 13.9. The number of aliphatic hydroxyl groups is 1. The molecule has 2 nitrogen and oxygen atoms in total. The predicted molar refractivity (Wildman–Crippen MR) is 73.0 cm³/mol. The summed E-state index contributed by atoms with van der Waals surface area (Å²) in [5.74, 6) is -0.514. The fourth-order valence-corrected chi connectivity index (χ4v) is 3.68. The highest BCUT2D eigenvalue weighted by molar-refractivity contribution is 7.99. The third kappa shape index (κ3) is 3.46. The van der Waals surface area contributed by atoms with Gasteiger partial charge >= 0.3 is 0 Å². The van der Waals surface area contributed by atoms with Crippen LogP contribution in [0.25, 0.3) is 0 Å². The van der Waals surface area contributed by atoms with Crippen LogP contribution < -0.4 is 5.73 Å². The van der Waals surface area contributed by atoms with Crippen LogP contribution in [0.1, 0.15) is 25.7 Å². The minimum Gasteiger partial charge on any atom is -0.394 e. The molecule has 0 heterocycles. The minimum atomic E-state index is -0.818. The molecule has 19 heavy (non-hydrogen) atoms. The van der Waals surface area contributed by atoms with Crippen molar-refractivity contribution in [2.24, 2.45) is 11.7 Å². The molecule has 2 unspecified atom stereocenters. The minimum absolute atomic E-state index is 0.0213. The Labute approximate surface area is 116 Å². The molecule has 1 fully saturated rings. The van der Waals surface area contributed by atoms with Crippen LogP contribution in [0.3, 0.4) is 0 Å². The van der Waals surface area contributed by atoms with Crippen LogP contribution in [0.5, 0.6) is 0 Å². The number of benzene rings is 1. The Morgan fingerprint density at radius 1 is 1.37 bits per heavy atom. The topological polar surface area (TPSA) is 46.2 Å². The molecular weight excluding hydrogens is 268 g/mol. The number of hydrogen-bond acceptors (Lipinski definition) is 3. The normalized spacial score (nSPS) is 26.8. The van der Waals surface area contributed by atoms with Crippen LogP contribution in [0.4, 0.5) is 8.78 Å². The smallest absolute Gasteiger partial charge is 0.159 e. The first-order valence-corrected chi connectivity index (χ1v) is 7.51. The van der Waals surface area contributed by atoms with Crippen LogP contribution in [0, 0.1) is 17.6 Å². The number of aliphatic hydroxyl groups excluding tert-OH is 1. The summed E-state index contributed by atoms with van der Waals surface area (Å²) in [5.41, 5.74) is 5.71. The summed E-state index contributed by atoms with van der Waals surface area (Å²) < 4.78 is 25.8. The van der Waals surface area contributed by atoms with Crippen LogP contribution in [-0.2, 0) is 0 Å². The van der Waals surface area contributed by atoms with Crippen molar-refractivity contribution < 1.29 is 13.9 Å². The van der Waals surface area contributed by atoms with Gasteiger partial charge < -0.3 is 10.8 Å². The molecule has 2 atom stereocenters. The SMILES string of the molecule is NC1(CO)CCCC1CCSc1ccc(F)c(F)c1. The molecule has 0 saturated heterocycles. The summed E-state index contributed by atoms with van der Waals surface area (Å²) in [6, 6.07) is 3.95. The second kappa shape index (κ2) is 6.20. The molecule has 0 spiro atoms. The molecule has 1 aromatic rings. The number of hydrogen-bond donors (Lipinski definition) is 2. The van der Waals surface area contributed by atoms with Crippen molar-refractivity contribution in [3.63, 3.8) is 0 Å². The standard InChI is InChI=1S/C14H19F2NOS/c15-12-4-3-11(8-13(12)16)19-7-5-10-2-1-6-14(10,17)9-18/h3-4,8,10,18H,1-2,5-7,9,17H2. The van der Waals surface area contributed by atoms with E-state index in [2.05, 4.69) is 0 Å². The van der Waals surface area contributed by atoms with Gasteiger partial charge in [-0.05, 0) is 49.1 Å². The van der Waals surface area contributed by atoms with E-state index in [-0.39, 0.29) is 6.61 Å². The maximum atomic E-state index is 13.0. The molecule has 1 aliphatic rings. The molecular formula is C14H19F2NOS. The van der Waals surface area contributed by atoms with E-state index in [9.17, 15) is 13.9 Å². The number of thioether (sulfide) groups is 1. The fraction of sp³-hybridized carbons (Fsp3) is 0.571. The summed E-state index contributed by atoms with van der Waals surface area (Å²) in [7, 11) is 0. The lowest BCUT2D eigenvalue weighted by Crippen LogP contribution is -2.47. The van der Waals surface area contributed by atoms with E-state index in [0.717, 1.165) is 42.4 Å². The molecule has 1 aliphatic carbocycles. The van der Waals surface area contributed by atoms with Gasteiger partial charge in [0.2, 0.25) is 0 Å². The molecule has 106 valence electrons. The Morgan fingerprint density at radius 2 is 2.16 bits per heavy atom. The van der Waals surface area contributed by atoms with Gasteiger partial charge in [-0.2, -0.15) is 0 Å². The lowest BCUT2D eigenvalue weighted by molar-refractivity contribution is 0.158. The summed E-state index contributed by atoms with van der Waals surface area (Å²) >= 11 is 1.50. The van der Waals surface area contributed by atoms with E-state index in [0.29, 0.717) is 5.92 Å². The van der Waals surface area contributed by atoms with Crippen molar-refractivity contribution >= 4 is 11.8 Å². The van der Waals surface area contributed by atoms with E-state index in [4.69, 9.17) is 5.73 Å². The molecule has 0 amide bonds. The van der Waals surface area contributed by atoms with Crippen molar-refractivity contribution in [1.82, 2.24) is 0 Å². The Hall–Kier alpha value is -0.650. The van der Waals surface area contributed by atoms with Crippen molar-refractivity contribution in [2.75, 3.05) is 12.4 Å². The molecule has 0 aliphatic heterocycles. The van der Waals surface area contributed by atoms with E-state index in [1.807, 2.05) is 0 Å². The van der Waals surface area contributed by atoms with Gasteiger partial charge in [0.25, 0.3) is 0 Å². The highest BCUT2D eigenvalue weighted by atomic mass is 32.2. The third-order valence-corrected chi connectivity index (χ3v) is 4.96. The van der Waals surface area contributed by atoms with E-state index >= 15 is 0 Å². The average Bonchev–Trinajstić information content (AvgIpc) is 2.76. The Kier molecular flexibility index (Phi) is 4.81. The van der Waals surface area contributed by atoms with Crippen molar-refractivity contribution in [3.05, 3.63) is 29.8 Å². The second-order valence-corrected chi connectivity index (χ2v) is 6.36. The van der Waals surface area contributed by atoms with Crippen LogP contribution in [0.15, 0.2) is 23.1 Å². The van der Waals surface area contributed by atoms with Gasteiger partial charge in [0.05, 0.1) is 6.61 Å². The van der Waals surface area contributed by atoms with Crippen LogP contribution >= 0.6 is 11.8 Å². The zero-order valence-electron chi connectivity index (χ0n) is 10.7. The second-order valence-electron chi connectivity index (χ2n) is 5.19. The van der Waals surface area contributed by atoms with Gasteiger partial charge in [0.15, 0.2) is 11.6 Å². The van der Waals surface area contributed by atoms with Gasteiger partial charge in [-0.15, -0.1) is 11.8 Å². The number of rotatable bonds is 5. The molecule has 0 bridgehead atoms. The van der Waals surface area contributed by atoms with Gasteiger partial charge in [0.1, 0.15) is 0 Å². The summed E-state index contributed by atoms with van der Waals surface area (Å²) in [4.78, 5) is 0.725. The lowest BCUT2D eigenvalue weighted by Gasteiger charge is -2.29. The number of halogens is 2. The molecule has 0 aromatic heterocycles. The van der Waals surface area contributed by atoms with Crippen LogP contribution in [0.2, 0.25) is 0 Å². The zero-order valence-corrected chi connectivity index (χ0v) is 11.6. The van der Waals surface area contributed by atoms with Gasteiger partial charge in [-0.1, -0.05) is 6.42 Å². The quantitative estimate of drug-likeness (QED) is 0.819. The Balaban J connectivity index is 1.85. The largest absolute Gasteiger partial charge is 0.394 e. The van der Waals surface area contributed by atoms with E-state index in [1.54, 1.807) is 6.07 Å². The van der Waals surface area contributed by atoms with Crippen LogP contribution in [-0.4, -0.2) is 23.0 Å². The average molecular weight is 287 g/mol. The molecule has 3 N–H and O–H groups in total. The van der Waals surface area contributed by atoms with E-state index in [1.165, 1.54) is 17.8 Å². The maximum Gasteiger partial charge on any atom is 0.159 e. The van der Waals surface area contributed by atoms with Crippen molar-refractivity contribution in [3.8, 4) is 0 Å². The van der Waals surface area contributed by atoms with Crippen molar-refractivity contribution in [2.45, 2.75) is 36.1 Å². The Morgan fingerprint density at radius 3 is 2.84 bits per heavy atom.